The number of rotatable bonds is 9. The van der Waals surface area contributed by atoms with Crippen molar-refractivity contribution >= 4 is 11.9 Å². The van der Waals surface area contributed by atoms with E-state index < -0.39 is 5.97 Å². The number of benzene rings is 2. The molecule has 10 nitrogen and oxygen atoms in total. The van der Waals surface area contributed by atoms with Gasteiger partial charge in [-0.2, -0.15) is 0 Å². The van der Waals surface area contributed by atoms with E-state index in [0.29, 0.717) is 48.8 Å². The zero-order valence-electron chi connectivity index (χ0n) is 22.3. The second kappa shape index (κ2) is 11.6. The highest BCUT2D eigenvalue weighted by atomic mass is 16.5. The standard InChI is InChI=1S/C28H35N5O5/c1-5-29-27(35)26-31-30-25(22-14-21(17(2)3)24(38-4)15-23(22)34)33(26)20-8-6-18(7-9-20)16-32-12-10-19(11-13-32)28(36)37/h6-9,14-15,17,19,34H,5,10-13,16H2,1-4H3,(H,29,35)(H,36,37). The maximum Gasteiger partial charge on any atom is 0.306 e. The Morgan fingerprint density at radius 2 is 1.82 bits per heavy atom. The van der Waals surface area contributed by atoms with Crippen molar-refractivity contribution in [3.63, 3.8) is 0 Å². The SMILES string of the molecule is CCNC(=O)c1nnc(-c2cc(C(C)C)c(OC)cc2O)n1-c1ccc(CN2CCC(C(=O)O)CC2)cc1. The highest BCUT2D eigenvalue weighted by molar-refractivity contribution is 5.92. The van der Waals surface area contributed by atoms with Crippen molar-refractivity contribution in [1.82, 2.24) is 25.0 Å². The summed E-state index contributed by atoms with van der Waals surface area (Å²) in [5.41, 5.74) is 3.10. The van der Waals surface area contributed by atoms with Crippen molar-refractivity contribution in [1.29, 1.82) is 0 Å². The molecular formula is C28H35N5O5. The van der Waals surface area contributed by atoms with E-state index in [-0.39, 0.29) is 29.3 Å². The summed E-state index contributed by atoms with van der Waals surface area (Å²) in [7, 11) is 1.56. The van der Waals surface area contributed by atoms with Gasteiger partial charge >= 0.3 is 5.97 Å². The molecule has 0 radical (unpaired) electrons. The van der Waals surface area contributed by atoms with E-state index in [0.717, 1.165) is 24.2 Å². The molecule has 1 aliphatic rings. The molecule has 0 bridgehead atoms. The van der Waals surface area contributed by atoms with Gasteiger partial charge in [0.05, 0.1) is 18.6 Å². The average molecular weight is 522 g/mol. The molecular weight excluding hydrogens is 486 g/mol. The van der Waals surface area contributed by atoms with E-state index in [1.165, 1.54) is 0 Å². The van der Waals surface area contributed by atoms with Gasteiger partial charge in [-0.25, -0.2) is 0 Å². The molecule has 10 heteroatoms. The normalized spacial score (nSPS) is 14.6. The summed E-state index contributed by atoms with van der Waals surface area (Å²) in [6.07, 6.45) is 1.30. The molecule has 1 fully saturated rings. The highest BCUT2D eigenvalue weighted by Crippen LogP contribution is 2.38. The minimum absolute atomic E-state index is 0.0243. The molecule has 0 atom stereocenters. The number of carbonyl (C=O) groups is 2. The molecule has 0 saturated carbocycles. The number of aromatic hydroxyl groups is 1. The largest absolute Gasteiger partial charge is 0.507 e. The number of phenols is 1. The monoisotopic (exact) mass is 521 g/mol. The van der Waals surface area contributed by atoms with Gasteiger partial charge in [-0.3, -0.25) is 19.1 Å². The minimum Gasteiger partial charge on any atom is -0.507 e. The van der Waals surface area contributed by atoms with Crippen molar-refractivity contribution in [2.45, 2.75) is 46.1 Å². The fraction of sp³-hybridized carbons (Fsp3) is 0.429. The number of aromatic nitrogens is 3. The molecule has 0 unspecified atom stereocenters. The molecule has 0 spiro atoms. The molecule has 2 heterocycles. The number of hydrogen-bond acceptors (Lipinski definition) is 7. The van der Waals surface area contributed by atoms with Crippen LogP contribution in [0.3, 0.4) is 0 Å². The number of carbonyl (C=O) groups excluding carboxylic acids is 1. The number of nitrogens with zero attached hydrogens (tertiary/aromatic N) is 4. The third kappa shape index (κ3) is 5.65. The Hall–Kier alpha value is -3.92. The Morgan fingerprint density at radius 3 is 2.39 bits per heavy atom. The van der Waals surface area contributed by atoms with E-state index in [1.54, 1.807) is 17.7 Å². The van der Waals surface area contributed by atoms with Crippen LogP contribution in [0.4, 0.5) is 0 Å². The number of hydrogen-bond donors (Lipinski definition) is 3. The summed E-state index contributed by atoms with van der Waals surface area (Å²) < 4.78 is 7.11. The van der Waals surface area contributed by atoms with Crippen LogP contribution in [0.5, 0.6) is 11.5 Å². The van der Waals surface area contributed by atoms with Crippen LogP contribution >= 0.6 is 0 Å². The van der Waals surface area contributed by atoms with Gasteiger partial charge < -0.3 is 20.3 Å². The number of amides is 1. The lowest BCUT2D eigenvalue weighted by molar-refractivity contribution is -0.143. The lowest BCUT2D eigenvalue weighted by Crippen LogP contribution is -2.35. The number of carboxylic acids is 1. The predicted molar refractivity (Wildman–Crippen MR) is 143 cm³/mol. The number of piperidine rings is 1. The third-order valence-electron chi connectivity index (χ3n) is 6.95. The molecule has 1 aliphatic heterocycles. The molecule has 4 rings (SSSR count). The van der Waals surface area contributed by atoms with Crippen molar-refractivity contribution in [2.75, 3.05) is 26.7 Å². The van der Waals surface area contributed by atoms with Gasteiger partial charge in [-0.1, -0.05) is 26.0 Å². The summed E-state index contributed by atoms with van der Waals surface area (Å²) in [6.45, 7) is 8.53. The summed E-state index contributed by atoms with van der Waals surface area (Å²) in [5, 5.41) is 31.4. The van der Waals surface area contributed by atoms with Gasteiger partial charge in [0, 0.05) is 24.8 Å². The van der Waals surface area contributed by atoms with Crippen LogP contribution in [0.15, 0.2) is 36.4 Å². The van der Waals surface area contributed by atoms with Gasteiger partial charge in [0.2, 0.25) is 5.82 Å². The molecule has 3 N–H and O–H groups in total. The number of aliphatic carboxylic acids is 1. The lowest BCUT2D eigenvalue weighted by atomic mass is 9.97. The van der Waals surface area contributed by atoms with Gasteiger partial charge in [0.15, 0.2) is 5.82 Å². The Bertz CT molecular complexity index is 1290. The lowest BCUT2D eigenvalue weighted by Gasteiger charge is -2.30. The van der Waals surface area contributed by atoms with Crippen LogP contribution in [-0.4, -0.2) is 68.5 Å². The van der Waals surface area contributed by atoms with Gasteiger partial charge in [-0.05, 0) is 68.1 Å². The van der Waals surface area contributed by atoms with Crippen molar-refractivity contribution in [3.05, 3.63) is 53.3 Å². The summed E-state index contributed by atoms with van der Waals surface area (Å²) >= 11 is 0. The average Bonchev–Trinajstić information content (AvgIpc) is 3.34. The molecule has 2 aromatic carbocycles. The van der Waals surface area contributed by atoms with Crippen molar-refractivity contribution in [3.8, 4) is 28.6 Å². The molecule has 3 aromatic rings. The van der Waals surface area contributed by atoms with Crippen molar-refractivity contribution < 1.29 is 24.5 Å². The number of methoxy groups -OCH3 is 1. The third-order valence-corrected chi connectivity index (χ3v) is 6.95. The Morgan fingerprint density at radius 1 is 1.13 bits per heavy atom. The molecule has 1 saturated heterocycles. The van der Waals surface area contributed by atoms with Crippen LogP contribution < -0.4 is 10.1 Å². The first-order chi connectivity index (χ1) is 18.2. The quantitative estimate of drug-likeness (QED) is 0.388. The van der Waals surface area contributed by atoms with Gasteiger partial charge in [0.25, 0.3) is 5.91 Å². The Labute approximate surface area is 222 Å². The zero-order valence-corrected chi connectivity index (χ0v) is 22.3. The summed E-state index contributed by atoms with van der Waals surface area (Å²) in [5.74, 6) is -0.207. The fourth-order valence-corrected chi connectivity index (χ4v) is 4.83. The van der Waals surface area contributed by atoms with E-state index >= 15 is 0 Å². The molecule has 38 heavy (non-hydrogen) atoms. The number of nitrogens with one attached hydrogen (secondary N) is 1. The van der Waals surface area contributed by atoms with E-state index in [4.69, 9.17) is 4.74 Å². The van der Waals surface area contributed by atoms with Gasteiger partial charge in [-0.15, -0.1) is 10.2 Å². The fourth-order valence-electron chi connectivity index (χ4n) is 4.83. The number of ether oxygens (including phenoxy) is 1. The molecule has 202 valence electrons. The second-order valence-electron chi connectivity index (χ2n) is 9.86. The van der Waals surface area contributed by atoms with E-state index in [2.05, 4.69) is 20.4 Å². The smallest absolute Gasteiger partial charge is 0.306 e. The molecule has 1 aromatic heterocycles. The van der Waals surface area contributed by atoms with Crippen LogP contribution in [-0.2, 0) is 11.3 Å². The Kier molecular flexibility index (Phi) is 8.31. The number of carboxylic acid groups (broad SMARTS) is 1. The maximum absolute atomic E-state index is 12.9. The number of phenolic OH excluding ortho intramolecular Hbond substituents is 1. The topological polar surface area (TPSA) is 130 Å². The molecule has 0 aliphatic carbocycles. The van der Waals surface area contributed by atoms with E-state index in [1.807, 2.05) is 51.1 Å². The first-order valence-corrected chi connectivity index (χ1v) is 12.9. The van der Waals surface area contributed by atoms with Crippen molar-refractivity contribution in [2.24, 2.45) is 5.92 Å². The Balaban J connectivity index is 1.69. The minimum atomic E-state index is -0.718. The second-order valence-corrected chi connectivity index (χ2v) is 9.86. The van der Waals surface area contributed by atoms with Gasteiger partial charge in [0.1, 0.15) is 11.5 Å². The van der Waals surface area contributed by atoms with Crippen LogP contribution in [0.2, 0.25) is 0 Å². The van der Waals surface area contributed by atoms with Crippen LogP contribution in [0.25, 0.3) is 17.1 Å². The molecule has 1 amide bonds. The maximum atomic E-state index is 12.9. The van der Waals surface area contributed by atoms with Crippen LogP contribution in [0, 0.1) is 5.92 Å². The van der Waals surface area contributed by atoms with Crippen LogP contribution in [0.1, 0.15) is 61.3 Å². The first kappa shape index (κ1) is 27.1. The summed E-state index contributed by atoms with van der Waals surface area (Å²) in [4.78, 5) is 26.4. The predicted octanol–water partition coefficient (Wildman–Crippen LogP) is 3.82. The van der Waals surface area contributed by atoms with E-state index in [9.17, 15) is 19.8 Å². The highest BCUT2D eigenvalue weighted by Gasteiger charge is 2.26. The first-order valence-electron chi connectivity index (χ1n) is 12.9. The number of likely N-dealkylation sites (tertiary alicyclic amines) is 1. The zero-order chi connectivity index (χ0) is 27.4. The summed E-state index contributed by atoms with van der Waals surface area (Å²) in [6, 6.07) is 11.2.